The van der Waals surface area contributed by atoms with Crippen molar-refractivity contribution >= 4 is 11.7 Å². The summed E-state index contributed by atoms with van der Waals surface area (Å²) in [6, 6.07) is 5.70. The van der Waals surface area contributed by atoms with Crippen molar-refractivity contribution in [3.8, 4) is 0 Å². The fourth-order valence-corrected chi connectivity index (χ4v) is 1.99. The number of hydrogen-bond acceptors (Lipinski definition) is 2. The van der Waals surface area contributed by atoms with Crippen LogP contribution in [0.5, 0.6) is 0 Å². The van der Waals surface area contributed by atoms with Crippen LogP contribution in [0.1, 0.15) is 36.7 Å². The number of carboxylic acids is 1. The molecule has 0 aliphatic heterocycles. The van der Waals surface area contributed by atoms with E-state index in [0.717, 1.165) is 17.8 Å². The Labute approximate surface area is 96.7 Å². The van der Waals surface area contributed by atoms with E-state index in [4.69, 9.17) is 0 Å². The minimum absolute atomic E-state index is 0.296. The molecule has 0 heterocycles. The lowest BCUT2D eigenvalue weighted by Gasteiger charge is -2.30. The number of aryl methyl sites for hydroxylation is 1. The first kappa shape index (κ1) is 12.6. The fourth-order valence-electron chi connectivity index (χ4n) is 1.99. The molecule has 0 aromatic heterocycles. The lowest BCUT2D eigenvalue weighted by atomic mass is 10.1. The Morgan fingerprint density at radius 2 is 2.06 bits per heavy atom. The number of nitrogens with zero attached hydrogens (tertiary/aromatic N) is 1. The van der Waals surface area contributed by atoms with Gasteiger partial charge in [0, 0.05) is 12.6 Å². The van der Waals surface area contributed by atoms with Crippen molar-refractivity contribution in [1.29, 1.82) is 0 Å². The highest BCUT2D eigenvalue weighted by molar-refractivity contribution is 5.95. The van der Waals surface area contributed by atoms with Gasteiger partial charge in [-0.1, -0.05) is 12.1 Å². The molecule has 0 radical (unpaired) electrons. The molecule has 3 heteroatoms. The molecule has 0 saturated carbocycles. The van der Waals surface area contributed by atoms with Crippen molar-refractivity contribution in [3.05, 3.63) is 29.3 Å². The fraction of sp³-hybridized carbons (Fsp3) is 0.462. The lowest BCUT2D eigenvalue weighted by Crippen LogP contribution is -2.32. The Morgan fingerprint density at radius 1 is 1.44 bits per heavy atom. The zero-order valence-electron chi connectivity index (χ0n) is 10.3. The van der Waals surface area contributed by atoms with Gasteiger partial charge in [-0.2, -0.15) is 0 Å². The van der Waals surface area contributed by atoms with Crippen LogP contribution < -0.4 is 4.90 Å². The molecule has 0 atom stereocenters. The van der Waals surface area contributed by atoms with Crippen molar-refractivity contribution in [2.45, 2.75) is 33.7 Å². The molecular formula is C13H19NO2. The predicted octanol–water partition coefficient (Wildman–Crippen LogP) is 2.93. The minimum atomic E-state index is -0.863. The van der Waals surface area contributed by atoms with Gasteiger partial charge < -0.3 is 10.0 Å². The normalized spacial score (nSPS) is 10.6. The van der Waals surface area contributed by atoms with E-state index in [1.807, 2.05) is 19.9 Å². The van der Waals surface area contributed by atoms with E-state index in [1.165, 1.54) is 0 Å². The van der Waals surface area contributed by atoms with E-state index < -0.39 is 5.97 Å². The van der Waals surface area contributed by atoms with Crippen molar-refractivity contribution < 1.29 is 9.90 Å². The van der Waals surface area contributed by atoms with E-state index >= 15 is 0 Å². The summed E-state index contributed by atoms with van der Waals surface area (Å²) < 4.78 is 0. The molecule has 0 aliphatic rings. The van der Waals surface area contributed by atoms with Crippen LogP contribution in [-0.4, -0.2) is 23.7 Å². The molecule has 0 bridgehead atoms. The minimum Gasteiger partial charge on any atom is -0.478 e. The van der Waals surface area contributed by atoms with Crippen molar-refractivity contribution in [2.75, 3.05) is 11.4 Å². The second kappa shape index (κ2) is 5.01. The molecule has 1 aromatic carbocycles. The third-order valence-electron chi connectivity index (χ3n) is 2.72. The topological polar surface area (TPSA) is 40.5 Å². The summed E-state index contributed by atoms with van der Waals surface area (Å²) in [7, 11) is 0. The first-order valence-corrected chi connectivity index (χ1v) is 5.58. The number of benzene rings is 1. The largest absolute Gasteiger partial charge is 0.478 e. The van der Waals surface area contributed by atoms with Gasteiger partial charge in [-0.25, -0.2) is 4.79 Å². The molecule has 0 unspecified atom stereocenters. The van der Waals surface area contributed by atoms with Crippen LogP contribution in [0.15, 0.2) is 18.2 Å². The number of carbonyl (C=O) groups is 1. The van der Waals surface area contributed by atoms with E-state index in [1.54, 1.807) is 12.1 Å². The monoisotopic (exact) mass is 221 g/mol. The third-order valence-corrected chi connectivity index (χ3v) is 2.72. The van der Waals surface area contributed by atoms with Gasteiger partial charge in [-0.3, -0.25) is 0 Å². The average Bonchev–Trinajstić information content (AvgIpc) is 2.20. The van der Waals surface area contributed by atoms with Crippen LogP contribution in [0.3, 0.4) is 0 Å². The third kappa shape index (κ3) is 2.35. The maximum Gasteiger partial charge on any atom is 0.337 e. The van der Waals surface area contributed by atoms with E-state index in [0.29, 0.717) is 11.6 Å². The molecule has 0 spiro atoms. The number of para-hydroxylation sites is 1. The zero-order valence-corrected chi connectivity index (χ0v) is 10.3. The number of anilines is 1. The predicted molar refractivity (Wildman–Crippen MR) is 66.3 cm³/mol. The number of rotatable bonds is 4. The van der Waals surface area contributed by atoms with Crippen molar-refractivity contribution in [1.82, 2.24) is 0 Å². The Morgan fingerprint density at radius 3 is 2.50 bits per heavy atom. The summed E-state index contributed by atoms with van der Waals surface area (Å²) in [4.78, 5) is 13.3. The maximum atomic E-state index is 11.2. The van der Waals surface area contributed by atoms with Gasteiger partial charge in [0.2, 0.25) is 0 Å². The second-order valence-corrected chi connectivity index (χ2v) is 4.16. The Balaban J connectivity index is 3.34. The standard InChI is InChI=1S/C13H19NO2/c1-5-14(9(2)3)12-10(4)7-6-8-11(12)13(15)16/h6-9H,5H2,1-4H3,(H,15,16). The average molecular weight is 221 g/mol. The SMILES string of the molecule is CCN(c1c(C)cccc1C(=O)O)C(C)C. The summed E-state index contributed by atoms with van der Waals surface area (Å²) in [5.41, 5.74) is 2.23. The first-order valence-electron chi connectivity index (χ1n) is 5.58. The maximum absolute atomic E-state index is 11.2. The Bertz CT molecular complexity index is 386. The molecule has 0 saturated heterocycles. The van der Waals surface area contributed by atoms with Crippen LogP contribution in [0.4, 0.5) is 5.69 Å². The van der Waals surface area contributed by atoms with E-state index in [-0.39, 0.29) is 0 Å². The number of aromatic carboxylic acids is 1. The van der Waals surface area contributed by atoms with Crippen LogP contribution in [0.2, 0.25) is 0 Å². The van der Waals surface area contributed by atoms with Crippen LogP contribution in [0, 0.1) is 6.92 Å². The van der Waals surface area contributed by atoms with E-state index in [9.17, 15) is 9.90 Å². The van der Waals surface area contributed by atoms with Crippen molar-refractivity contribution in [2.24, 2.45) is 0 Å². The molecule has 0 aliphatic carbocycles. The molecule has 88 valence electrons. The molecule has 16 heavy (non-hydrogen) atoms. The van der Waals surface area contributed by atoms with Gasteiger partial charge in [0.05, 0.1) is 11.3 Å². The molecular weight excluding hydrogens is 202 g/mol. The molecule has 1 N–H and O–H groups in total. The van der Waals surface area contributed by atoms with Gasteiger partial charge in [0.1, 0.15) is 0 Å². The number of carboxylic acid groups (broad SMARTS) is 1. The first-order chi connectivity index (χ1) is 7.49. The van der Waals surface area contributed by atoms with Gasteiger partial charge in [0.15, 0.2) is 0 Å². The summed E-state index contributed by atoms with van der Waals surface area (Å²) in [6.45, 7) is 8.94. The quantitative estimate of drug-likeness (QED) is 0.849. The van der Waals surface area contributed by atoms with Gasteiger partial charge in [0.25, 0.3) is 0 Å². The van der Waals surface area contributed by atoms with Gasteiger partial charge in [-0.05, 0) is 39.3 Å². The highest BCUT2D eigenvalue weighted by atomic mass is 16.4. The summed E-state index contributed by atoms with van der Waals surface area (Å²) in [6.07, 6.45) is 0. The summed E-state index contributed by atoms with van der Waals surface area (Å²) in [5.74, 6) is -0.863. The Hall–Kier alpha value is -1.51. The molecule has 1 aromatic rings. The van der Waals surface area contributed by atoms with Crippen LogP contribution >= 0.6 is 0 Å². The number of hydrogen-bond donors (Lipinski definition) is 1. The summed E-state index contributed by atoms with van der Waals surface area (Å²) in [5, 5.41) is 9.19. The lowest BCUT2D eigenvalue weighted by molar-refractivity contribution is 0.0697. The van der Waals surface area contributed by atoms with Crippen molar-refractivity contribution in [3.63, 3.8) is 0 Å². The highest BCUT2D eigenvalue weighted by Crippen LogP contribution is 2.26. The molecule has 0 fully saturated rings. The smallest absolute Gasteiger partial charge is 0.337 e. The second-order valence-electron chi connectivity index (χ2n) is 4.16. The van der Waals surface area contributed by atoms with E-state index in [2.05, 4.69) is 18.7 Å². The van der Waals surface area contributed by atoms with Crippen LogP contribution in [-0.2, 0) is 0 Å². The summed E-state index contributed by atoms with van der Waals surface area (Å²) >= 11 is 0. The highest BCUT2D eigenvalue weighted by Gasteiger charge is 2.18. The van der Waals surface area contributed by atoms with Crippen LogP contribution in [0.25, 0.3) is 0 Å². The molecule has 3 nitrogen and oxygen atoms in total. The molecule has 1 rings (SSSR count). The van der Waals surface area contributed by atoms with Gasteiger partial charge >= 0.3 is 5.97 Å². The Kier molecular flexibility index (Phi) is 3.93. The van der Waals surface area contributed by atoms with Gasteiger partial charge in [-0.15, -0.1) is 0 Å². The molecule has 0 amide bonds. The zero-order chi connectivity index (χ0) is 12.3.